The molecule has 1 aromatic heterocycles. The van der Waals surface area contributed by atoms with Crippen LogP contribution in [0.4, 0.5) is 5.82 Å². The number of nitrogens with two attached hydrogens (primary N) is 1. The van der Waals surface area contributed by atoms with Gasteiger partial charge in [0.15, 0.2) is 0 Å². The Bertz CT molecular complexity index is 404. The fourth-order valence-corrected chi connectivity index (χ4v) is 1.80. The zero-order valence-electron chi connectivity index (χ0n) is 11.5. The van der Waals surface area contributed by atoms with Gasteiger partial charge in [0.1, 0.15) is 10.8 Å². The Morgan fingerprint density at radius 3 is 2.67 bits per heavy atom. The molecule has 0 saturated carbocycles. The van der Waals surface area contributed by atoms with Crippen LogP contribution in [0.3, 0.4) is 0 Å². The number of rotatable bonds is 6. The van der Waals surface area contributed by atoms with E-state index in [4.69, 9.17) is 18.0 Å². The summed E-state index contributed by atoms with van der Waals surface area (Å²) in [5.74, 6) is 1.34. The van der Waals surface area contributed by atoms with Crippen LogP contribution in [-0.2, 0) is 0 Å². The molecule has 0 aliphatic heterocycles. The van der Waals surface area contributed by atoms with Gasteiger partial charge in [-0.2, -0.15) is 0 Å². The molecule has 100 valence electrons. The predicted molar refractivity (Wildman–Crippen MR) is 80.9 cm³/mol. The Kier molecular flexibility index (Phi) is 5.50. The first kappa shape index (κ1) is 14.9. The van der Waals surface area contributed by atoms with Gasteiger partial charge in [-0.3, -0.25) is 0 Å². The first-order chi connectivity index (χ1) is 8.40. The first-order valence-electron chi connectivity index (χ1n) is 6.07. The Labute approximate surface area is 115 Å². The normalized spacial score (nSPS) is 12.8. The highest BCUT2D eigenvalue weighted by Gasteiger charge is 2.14. The van der Waals surface area contributed by atoms with Gasteiger partial charge in [0.2, 0.25) is 0 Å². The molecule has 3 N–H and O–H groups in total. The van der Waals surface area contributed by atoms with Gasteiger partial charge in [-0.25, -0.2) is 4.98 Å². The Morgan fingerprint density at radius 2 is 2.17 bits per heavy atom. The highest BCUT2D eigenvalue weighted by Crippen LogP contribution is 2.12. The minimum atomic E-state index is 0.342. The SMILES string of the molecule is CC(C)C(CN(C)C)Nc1cc(C(N)=S)ccn1. The molecular formula is C13H22N4S. The molecule has 1 atom stereocenters. The second-order valence-corrected chi connectivity index (χ2v) is 5.49. The standard InChI is InChI=1S/C13H22N4S/c1-9(2)11(8-17(3)4)16-12-7-10(13(14)18)5-6-15-12/h5-7,9,11H,8H2,1-4H3,(H2,14,18)(H,15,16). The molecule has 1 rings (SSSR count). The van der Waals surface area contributed by atoms with E-state index in [1.807, 2.05) is 12.1 Å². The third-order valence-corrected chi connectivity index (χ3v) is 2.98. The number of aromatic nitrogens is 1. The maximum Gasteiger partial charge on any atom is 0.126 e. The van der Waals surface area contributed by atoms with E-state index in [-0.39, 0.29) is 0 Å². The Morgan fingerprint density at radius 1 is 1.50 bits per heavy atom. The molecule has 4 nitrogen and oxygen atoms in total. The second kappa shape index (κ2) is 6.66. The number of likely N-dealkylation sites (N-methyl/N-ethyl adjacent to an activating group) is 1. The number of thiocarbonyl (C=S) groups is 1. The van der Waals surface area contributed by atoms with E-state index < -0.39 is 0 Å². The van der Waals surface area contributed by atoms with Crippen molar-refractivity contribution in [1.29, 1.82) is 0 Å². The summed E-state index contributed by atoms with van der Waals surface area (Å²) in [7, 11) is 4.13. The molecule has 18 heavy (non-hydrogen) atoms. The van der Waals surface area contributed by atoms with Crippen LogP contribution < -0.4 is 11.1 Å². The molecule has 0 aromatic carbocycles. The van der Waals surface area contributed by atoms with Crippen molar-refractivity contribution in [3.05, 3.63) is 23.9 Å². The third-order valence-electron chi connectivity index (χ3n) is 2.74. The maximum absolute atomic E-state index is 5.62. The molecule has 0 fully saturated rings. The van der Waals surface area contributed by atoms with E-state index >= 15 is 0 Å². The van der Waals surface area contributed by atoms with Crippen LogP contribution >= 0.6 is 12.2 Å². The summed E-state index contributed by atoms with van der Waals surface area (Å²) in [6.45, 7) is 5.34. The van der Waals surface area contributed by atoms with Gasteiger partial charge in [0, 0.05) is 24.3 Å². The minimum absolute atomic E-state index is 0.342. The van der Waals surface area contributed by atoms with Crippen molar-refractivity contribution in [2.45, 2.75) is 19.9 Å². The van der Waals surface area contributed by atoms with Crippen LogP contribution in [0.5, 0.6) is 0 Å². The second-order valence-electron chi connectivity index (χ2n) is 5.05. The molecule has 1 unspecified atom stereocenters. The lowest BCUT2D eigenvalue weighted by atomic mass is 10.0. The summed E-state index contributed by atoms with van der Waals surface area (Å²) in [4.78, 5) is 6.87. The van der Waals surface area contributed by atoms with Gasteiger partial charge < -0.3 is 16.0 Å². The van der Waals surface area contributed by atoms with Crippen LogP contribution in [0.2, 0.25) is 0 Å². The van der Waals surface area contributed by atoms with Crippen LogP contribution in [-0.4, -0.2) is 41.6 Å². The monoisotopic (exact) mass is 266 g/mol. The number of hydrogen-bond acceptors (Lipinski definition) is 4. The van der Waals surface area contributed by atoms with Crippen molar-refractivity contribution in [3.8, 4) is 0 Å². The average Bonchev–Trinajstić information content (AvgIpc) is 2.27. The predicted octanol–water partition coefficient (Wildman–Crippen LogP) is 1.71. The Balaban J connectivity index is 2.80. The average molecular weight is 266 g/mol. The summed E-state index contributed by atoms with van der Waals surface area (Å²) in [5, 5.41) is 3.44. The topological polar surface area (TPSA) is 54.2 Å². The fourth-order valence-electron chi connectivity index (χ4n) is 1.67. The number of pyridine rings is 1. The number of hydrogen-bond donors (Lipinski definition) is 2. The summed E-state index contributed by atoms with van der Waals surface area (Å²) >= 11 is 4.97. The van der Waals surface area contributed by atoms with Gasteiger partial charge in [0.05, 0.1) is 0 Å². The Hall–Kier alpha value is -1.20. The van der Waals surface area contributed by atoms with Gasteiger partial charge in [-0.15, -0.1) is 0 Å². The summed E-state index contributed by atoms with van der Waals surface area (Å²) in [6.07, 6.45) is 1.73. The molecule has 0 radical (unpaired) electrons. The number of nitrogens with one attached hydrogen (secondary N) is 1. The van der Waals surface area contributed by atoms with E-state index in [1.165, 1.54) is 0 Å². The lowest BCUT2D eigenvalue weighted by Gasteiger charge is -2.26. The molecular weight excluding hydrogens is 244 g/mol. The van der Waals surface area contributed by atoms with Crippen molar-refractivity contribution < 1.29 is 0 Å². The minimum Gasteiger partial charge on any atom is -0.389 e. The lowest BCUT2D eigenvalue weighted by molar-refractivity contribution is 0.344. The van der Waals surface area contributed by atoms with Crippen molar-refractivity contribution in [2.75, 3.05) is 26.0 Å². The van der Waals surface area contributed by atoms with E-state index in [0.717, 1.165) is 17.9 Å². The van der Waals surface area contributed by atoms with Crippen molar-refractivity contribution in [1.82, 2.24) is 9.88 Å². The lowest BCUT2D eigenvalue weighted by Crippen LogP contribution is -2.36. The van der Waals surface area contributed by atoms with Gasteiger partial charge in [0.25, 0.3) is 0 Å². The summed E-state index contributed by atoms with van der Waals surface area (Å²) < 4.78 is 0. The maximum atomic E-state index is 5.62. The van der Waals surface area contributed by atoms with Crippen LogP contribution in [0, 0.1) is 5.92 Å². The number of anilines is 1. The molecule has 0 amide bonds. The van der Waals surface area contributed by atoms with E-state index in [9.17, 15) is 0 Å². The van der Waals surface area contributed by atoms with E-state index in [2.05, 4.69) is 43.1 Å². The van der Waals surface area contributed by atoms with Gasteiger partial charge in [-0.1, -0.05) is 26.1 Å². The number of nitrogens with zero attached hydrogens (tertiary/aromatic N) is 2. The van der Waals surface area contributed by atoms with Crippen molar-refractivity contribution >= 4 is 23.0 Å². The molecule has 5 heteroatoms. The highest BCUT2D eigenvalue weighted by atomic mass is 32.1. The third kappa shape index (κ3) is 4.58. The smallest absolute Gasteiger partial charge is 0.126 e. The van der Waals surface area contributed by atoms with Crippen LogP contribution in [0.1, 0.15) is 19.4 Å². The van der Waals surface area contributed by atoms with Gasteiger partial charge >= 0.3 is 0 Å². The largest absolute Gasteiger partial charge is 0.389 e. The zero-order valence-corrected chi connectivity index (χ0v) is 12.3. The molecule has 0 saturated heterocycles. The molecule has 0 bridgehead atoms. The molecule has 1 aromatic rings. The van der Waals surface area contributed by atoms with E-state index in [0.29, 0.717) is 16.9 Å². The van der Waals surface area contributed by atoms with Crippen molar-refractivity contribution in [3.63, 3.8) is 0 Å². The summed E-state index contributed by atoms with van der Waals surface area (Å²) in [6, 6.07) is 4.06. The molecule has 0 spiro atoms. The van der Waals surface area contributed by atoms with Crippen LogP contribution in [0.15, 0.2) is 18.3 Å². The molecule has 0 aliphatic carbocycles. The highest BCUT2D eigenvalue weighted by molar-refractivity contribution is 7.80. The molecule has 0 aliphatic rings. The van der Waals surface area contributed by atoms with Gasteiger partial charge in [-0.05, 0) is 32.1 Å². The molecule has 1 heterocycles. The fraction of sp³-hybridized carbons (Fsp3) is 0.538. The summed E-state index contributed by atoms with van der Waals surface area (Å²) in [5.41, 5.74) is 6.46. The van der Waals surface area contributed by atoms with Crippen molar-refractivity contribution in [2.24, 2.45) is 11.7 Å². The quantitative estimate of drug-likeness (QED) is 0.768. The zero-order chi connectivity index (χ0) is 13.7. The van der Waals surface area contributed by atoms with Crippen LogP contribution in [0.25, 0.3) is 0 Å². The first-order valence-corrected chi connectivity index (χ1v) is 6.48. The van der Waals surface area contributed by atoms with E-state index in [1.54, 1.807) is 6.20 Å².